The first-order valence-electron chi connectivity index (χ1n) is 6.26. The molecule has 5 heteroatoms. The average Bonchev–Trinajstić information content (AvgIpc) is 2.42. The van der Waals surface area contributed by atoms with Crippen molar-refractivity contribution in [3.8, 4) is 17.2 Å². The summed E-state index contributed by atoms with van der Waals surface area (Å²) < 4.78 is 5.06. The van der Waals surface area contributed by atoms with Gasteiger partial charge in [-0.25, -0.2) is 0 Å². The van der Waals surface area contributed by atoms with E-state index >= 15 is 0 Å². The molecule has 5 nitrogen and oxygen atoms in total. The molecule has 3 rings (SSSR count). The van der Waals surface area contributed by atoms with Gasteiger partial charge < -0.3 is 14.9 Å². The number of carbonyl (C=O) groups is 2. The second-order valence-electron chi connectivity index (χ2n) is 4.91. The third-order valence-electron chi connectivity index (χ3n) is 3.50. The highest BCUT2D eigenvalue weighted by Gasteiger charge is 2.33. The number of aromatic hydroxyl groups is 1. The van der Waals surface area contributed by atoms with Gasteiger partial charge in [-0.1, -0.05) is 17.4 Å². The number of fused-ring (bicyclic) bond motifs is 2. The highest BCUT2D eigenvalue weighted by atomic mass is 16.5. The Bertz CT molecular complexity index is 805. The van der Waals surface area contributed by atoms with Crippen molar-refractivity contribution in [2.45, 2.75) is 6.92 Å². The van der Waals surface area contributed by atoms with Crippen LogP contribution in [0, 0.1) is 6.92 Å². The Labute approximate surface area is 120 Å². The van der Waals surface area contributed by atoms with Crippen LogP contribution in [0.1, 0.15) is 37.4 Å². The summed E-state index contributed by atoms with van der Waals surface area (Å²) in [5, 5.41) is 21.7. The Morgan fingerprint density at radius 1 is 1.00 bits per heavy atom. The van der Waals surface area contributed by atoms with Gasteiger partial charge in [-0.2, -0.15) is 0 Å². The van der Waals surface area contributed by atoms with E-state index in [1.54, 1.807) is 6.92 Å². The largest absolute Gasteiger partial charge is 0.872 e. The third-order valence-corrected chi connectivity index (χ3v) is 3.50. The van der Waals surface area contributed by atoms with Crippen LogP contribution in [0.2, 0.25) is 0 Å². The number of phenolic OH excluding ortho intramolecular Hbond substituents is 1. The van der Waals surface area contributed by atoms with Gasteiger partial charge in [0, 0.05) is 22.8 Å². The summed E-state index contributed by atoms with van der Waals surface area (Å²) >= 11 is 0. The lowest BCUT2D eigenvalue weighted by Crippen LogP contribution is -2.23. The minimum atomic E-state index is -0.554. The van der Waals surface area contributed by atoms with Gasteiger partial charge >= 0.3 is 0 Å². The highest BCUT2D eigenvalue weighted by Crippen LogP contribution is 2.38. The number of hydrogen-bond donors (Lipinski definition) is 1. The number of rotatable bonds is 1. The first-order valence-corrected chi connectivity index (χ1v) is 6.26. The van der Waals surface area contributed by atoms with E-state index in [-0.39, 0.29) is 33.8 Å². The molecule has 0 aliphatic heterocycles. The maximum atomic E-state index is 12.6. The van der Waals surface area contributed by atoms with E-state index < -0.39 is 17.3 Å². The Morgan fingerprint density at radius 3 is 2.33 bits per heavy atom. The van der Waals surface area contributed by atoms with Crippen LogP contribution in [0.5, 0.6) is 17.2 Å². The lowest BCUT2D eigenvalue weighted by Gasteiger charge is -2.24. The van der Waals surface area contributed by atoms with E-state index in [0.29, 0.717) is 5.56 Å². The van der Waals surface area contributed by atoms with Crippen LogP contribution in [0.4, 0.5) is 0 Å². The number of phenols is 1. The van der Waals surface area contributed by atoms with Crippen LogP contribution < -0.4 is 9.84 Å². The predicted octanol–water partition coefficient (Wildman–Crippen LogP) is 1.56. The van der Waals surface area contributed by atoms with Crippen molar-refractivity contribution < 1.29 is 24.5 Å². The van der Waals surface area contributed by atoms with Crippen molar-refractivity contribution in [2.75, 3.05) is 7.11 Å². The van der Waals surface area contributed by atoms with E-state index in [9.17, 15) is 19.8 Å². The second-order valence-corrected chi connectivity index (χ2v) is 4.91. The molecule has 2 aromatic carbocycles. The fourth-order valence-electron chi connectivity index (χ4n) is 2.61. The molecule has 0 bridgehead atoms. The van der Waals surface area contributed by atoms with Crippen LogP contribution in [0.25, 0.3) is 0 Å². The van der Waals surface area contributed by atoms with Crippen LogP contribution >= 0.6 is 0 Å². The molecule has 0 amide bonds. The molecule has 0 radical (unpaired) electrons. The molecule has 2 aromatic rings. The molecule has 0 saturated heterocycles. The average molecular weight is 283 g/mol. The van der Waals surface area contributed by atoms with E-state index in [1.165, 1.54) is 31.4 Å². The summed E-state index contributed by atoms with van der Waals surface area (Å²) in [6.07, 6.45) is 0. The van der Waals surface area contributed by atoms with Gasteiger partial charge in [-0.05, 0) is 19.1 Å². The summed E-state index contributed by atoms with van der Waals surface area (Å²) in [6, 6.07) is 5.29. The van der Waals surface area contributed by atoms with Crippen molar-refractivity contribution >= 4 is 11.6 Å². The SMILES string of the molecule is COc1cc(O)cc2c1C(=O)c1c([O-])cc(C)cc1C2=O. The summed E-state index contributed by atoms with van der Waals surface area (Å²) in [5.41, 5.74) is 0.616. The molecule has 0 spiro atoms. The minimum Gasteiger partial charge on any atom is -0.872 e. The number of aryl methyl sites for hydroxylation is 1. The van der Waals surface area contributed by atoms with Crippen LogP contribution in [-0.2, 0) is 0 Å². The Morgan fingerprint density at radius 2 is 1.67 bits per heavy atom. The molecule has 0 atom stereocenters. The molecule has 1 aliphatic rings. The smallest absolute Gasteiger partial charge is 0.197 e. The van der Waals surface area contributed by atoms with Crippen molar-refractivity contribution in [3.05, 3.63) is 52.1 Å². The Hall–Kier alpha value is -2.82. The summed E-state index contributed by atoms with van der Waals surface area (Å²) in [5.74, 6) is -1.60. The molecular weight excluding hydrogens is 272 g/mol. The Kier molecular flexibility index (Phi) is 2.73. The zero-order chi connectivity index (χ0) is 15.3. The van der Waals surface area contributed by atoms with Crippen molar-refractivity contribution in [2.24, 2.45) is 0 Å². The zero-order valence-corrected chi connectivity index (χ0v) is 11.4. The molecule has 106 valence electrons. The number of methoxy groups -OCH3 is 1. The van der Waals surface area contributed by atoms with Gasteiger partial charge in [0.25, 0.3) is 0 Å². The quantitative estimate of drug-likeness (QED) is 0.732. The van der Waals surface area contributed by atoms with Gasteiger partial charge in [0.05, 0.1) is 12.7 Å². The summed E-state index contributed by atoms with van der Waals surface area (Å²) in [4.78, 5) is 25.1. The van der Waals surface area contributed by atoms with E-state index in [1.807, 2.05) is 0 Å². The maximum Gasteiger partial charge on any atom is 0.197 e. The van der Waals surface area contributed by atoms with E-state index in [0.717, 1.165) is 0 Å². The molecule has 0 fully saturated rings. The lowest BCUT2D eigenvalue weighted by molar-refractivity contribution is -0.268. The van der Waals surface area contributed by atoms with E-state index in [4.69, 9.17) is 4.74 Å². The van der Waals surface area contributed by atoms with Crippen LogP contribution in [-0.4, -0.2) is 23.8 Å². The highest BCUT2D eigenvalue weighted by molar-refractivity contribution is 6.30. The van der Waals surface area contributed by atoms with E-state index in [2.05, 4.69) is 0 Å². The molecular formula is C16H11O5-. The van der Waals surface area contributed by atoms with Gasteiger partial charge in [0.15, 0.2) is 11.6 Å². The van der Waals surface area contributed by atoms with Crippen molar-refractivity contribution in [1.82, 2.24) is 0 Å². The number of hydrogen-bond acceptors (Lipinski definition) is 5. The van der Waals surface area contributed by atoms with Crippen LogP contribution in [0.15, 0.2) is 24.3 Å². The molecule has 0 heterocycles. The van der Waals surface area contributed by atoms with Gasteiger partial charge in [0.1, 0.15) is 11.5 Å². The summed E-state index contributed by atoms with van der Waals surface area (Å²) in [6.45, 7) is 1.68. The number of benzene rings is 2. The van der Waals surface area contributed by atoms with Crippen LogP contribution in [0.3, 0.4) is 0 Å². The van der Waals surface area contributed by atoms with Crippen molar-refractivity contribution in [3.63, 3.8) is 0 Å². The monoisotopic (exact) mass is 283 g/mol. The van der Waals surface area contributed by atoms with Gasteiger partial charge in [0.2, 0.25) is 0 Å². The molecule has 0 saturated carbocycles. The molecule has 1 N–H and O–H groups in total. The number of carbonyl (C=O) groups excluding carboxylic acids is 2. The fourth-order valence-corrected chi connectivity index (χ4v) is 2.61. The molecule has 0 unspecified atom stereocenters. The lowest BCUT2D eigenvalue weighted by atomic mass is 9.82. The first kappa shape index (κ1) is 13.2. The minimum absolute atomic E-state index is 0.0220. The number of ketones is 2. The topological polar surface area (TPSA) is 86.7 Å². The fraction of sp³-hybridized carbons (Fsp3) is 0.125. The van der Waals surface area contributed by atoms with Crippen molar-refractivity contribution in [1.29, 1.82) is 0 Å². The third kappa shape index (κ3) is 1.78. The zero-order valence-electron chi connectivity index (χ0n) is 11.4. The molecule has 0 aromatic heterocycles. The Balaban J connectivity index is 2.38. The van der Waals surface area contributed by atoms with Gasteiger partial charge in [-0.15, -0.1) is 0 Å². The normalized spacial score (nSPS) is 12.9. The predicted molar refractivity (Wildman–Crippen MR) is 72.1 cm³/mol. The first-order chi connectivity index (χ1) is 9.93. The maximum absolute atomic E-state index is 12.6. The standard InChI is InChI=1S/C16H12O5/c1-7-3-9-13(11(18)4-7)16(20)14-10(15(9)19)5-8(17)6-12(14)21-2/h3-6,17-18H,1-2H3/p-1. The summed E-state index contributed by atoms with van der Waals surface area (Å²) in [7, 11) is 1.33. The molecule has 21 heavy (non-hydrogen) atoms. The van der Waals surface area contributed by atoms with Gasteiger partial charge in [-0.3, -0.25) is 9.59 Å². The second kappa shape index (κ2) is 4.34. The molecule has 1 aliphatic carbocycles. The number of ether oxygens (including phenoxy) is 1.